The highest BCUT2D eigenvalue weighted by Crippen LogP contribution is 2.45. The molecule has 0 radical (unpaired) electrons. The van der Waals surface area contributed by atoms with Gasteiger partial charge in [0.2, 0.25) is 12.7 Å². The molecule has 0 saturated carbocycles. The van der Waals surface area contributed by atoms with E-state index in [1.54, 1.807) is 6.07 Å². The van der Waals surface area contributed by atoms with E-state index in [9.17, 15) is 13.2 Å². The van der Waals surface area contributed by atoms with Crippen molar-refractivity contribution in [3.05, 3.63) is 35.9 Å². The molecule has 0 aliphatic carbocycles. The Morgan fingerprint density at radius 1 is 1.02 bits per heavy atom. The van der Waals surface area contributed by atoms with Gasteiger partial charge in [0.25, 0.3) is 0 Å². The Bertz CT molecular complexity index is 1850. The fourth-order valence-corrected chi connectivity index (χ4v) is 7.92. The first-order valence-electron chi connectivity index (χ1n) is 15.9. The number of alkyl halides is 2. The van der Waals surface area contributed by atoms with Crippen molar-refractivity contribution in [2.45, 2.75) is 62.7 Å². The third kappa shape index (κ3) is 4.73. The van der Waals surface area contributed by atoms with Crippen molar-refractivity contribution in [3.63, 3.8) is 0 Å². The third-order valence-corrected chi connectivity index (χ3v) is 10.0. The highest BCUT2D eigenvalue weighted by atomic mass is 19.1. The summed E-state index contributed by atoms with van der Waals surface area (Å²) in [6, 6.07) is 5.55. The Balaban J connectivity index is 1.33. The van der Waals surface area contributed by atoms with Gasteiger partial charge >= 0.3 is 6.01 Å². The number of ether oxygens (including phenoxy) is 3. The molecule has 6 heterocycles. The SMILES string of the molecule is Nc1cc(-c2nc3c4c(nc(OC[C@@]56CCCN5C[C@H](F)C6)nc4c2F)N2CCCCC[C@H]2CO3)c2c(OCF)c(F)ccc2c1. The number of nitrogens with two attached hydrogens (primary N) is 1. The zero-order valence-electron chi connectivity index (χ0n) is 25.2. The van der Waals surface area contributed by atoms with Crippen LogP contribution in [0.5, 0.6) is 17.6 Å². The topological polar surface area (TPSA) is 98.9 Å². The van der Waals surface area contributed by atoms with Crippen molar-refractivity contribution in [2.75, 3.05) is 50.3 Å². The average Bonchev–Trinajstić information content (AvgIpc) is 3.39. The largest absolute Gasteiger partial charge is 0.475 e. The van der Waals surface area contributed by atoms with Crippen molar-refractivity contribution in [1.82, 2.24) is 19.9 Å². The lowest BCUT2D eigenvalue weighted by molar-refractivity contribution is 0.107. The molecular formula is C33H34F4N6O3. The van der Waals surface area contributed by atoms with Gasteiger partial charge in [-0.2, -0.15) is 9.97 Å². The predicted octanol–water partition coefficient (Wildman–Crippen LogP) is 6.11. The minimum Gasteiger partial charge on any atom is -0.475 e. The fraction of sp³-hybridized carbons (Fsp3) is 0.485. The molecule has 242 valence electrons. The van der Waals surface area contributed by atoms with Gasteiger partial charge in [-0.1, -0.05) is 18.9 Å². The second kappa shape index (κ2) is 11.3. The summed E-state index contributed by atoms with van der Waals surface area (Å²) in [5.74, 6) is -1.43. The monoisotopic (exact) mass is 638 g/mol. The van der Waals surface area contributed by atoms with Gasteiger partial charge < -0.3 is 24.8 Å². The molecule has 2 N–H and O–H groups in total. The molecule has 0 amide bonds. The van der Waals surface area contributed by atoms with Gasteiger partial charge in [0.1, 0.15) is 41.8 Å². The van der Waals surface area contributed by atoms with Crippen molar-refractivity contribution in [2.24, 2.45) is 0 Å². The lowest BCUT2D eigenvalue weighted by Gasteiger charge is -2.31. The molecule has 0 spiro atoms. The van der Waals surface area contributed by atoms with Crippen molar-refractivity contribution in [1.29, 1.82) is 0 Å². The smallest absolute Gasteiger partial charge is 0.319 e. The van der Waals surface area contributed by atoms with Gasteiger partial charge in [-0.05, 0) is 55.8 Å². The summed E-state index contributed by atoms with van der Waals surface area (Å²) in [7, 11) is 0. The van der Waals surface area contributed by atoms with Gasteiger partial charge in [0.15, 0.2) is 17.4 Å². The average molecular weight is 639 g/mol. The van der Waals surface area contributed by atoms with Crippen LogP contribution in [-0.2, 0) is 0 Å². The molecule has 2 aromatic carbocycles. The number of nitrogens with zero attached hydrogens (tertiary/aromatic N) is 5. The van der Waals surface area contributed by atoms with Crippen LogP contribution in [-0.4, -0.2) is 77.3 Å². The number of pyridine rings is 1. The lowest BCUT2D eigenvalue weighted by Crippen LogP contribution is -2.43. The summed E-state index contributed by atoms with van der Waals surface area (Å²) in [6.45, 7) is 1.03. The fourth-order valence-electron chi connectivity index (χ4n) is 7.92. The normalized spacial score (nSPS) is 24.4. The molecule has 4 aliphatic rings. The van der Waals surface area contributed by atoms with Crippen LogP contribution < -0.4 is 24.8 Å². The van der Waals surface area contributed by atoms with E-state index in [0.717, 1.165) is 51.1 Å². The summed E-state index contributed by atoms with van der Waals surface area (Å²) >= 11 is 0. The molecule has 13 heteroatoms. The molecule has 0 bridgehead atoms. The molecule has 0 unspecified atom stereocenters. The van der Waals surface area contributed by atoms with E-state index >= 15 is 4.39 Å². The van der Waals surface area contributed by atoms with E-state index < -0.39 is 30.2 Å². The molecule has 2 aromatic heterocycles. The number of nitrogen functional groups attached to an aromatic ring is 1. The molecule has 4 aromatic rings. The Labute approximate surface area is 262 Å². The van der Waals surface area contributed by atoms with Crippen LogP contribution in [0.3, 0.4) is 0 Å². The Morgan fingerprint density at radius 3 is 2.78 bits per heavy atom. The van der Waals surface area contributed by atoms with Crippen LogP contribution in [0.15, 0.2) is 24.3 Å². The van der Waals surface area contributed by atoms with Gasteiger partial charge in [-0.3, -0.25) is 4.90 Å². The molecule has 3 fully saturated rings. The maximum Gasteiger partial charge on any atom is 0.319 e. The third-order valence-electron chi connectivity index (χ3n) is 10.0. The molecule has 4 aliphatic heterocycles. The Hall–Kier alpha value is -4.13. The van der Waals surface area contributed by atoms with Gasteiger partial charge in [-0.15, -0.1) is 0 Å². The minimum atomic E-state index is -1.29. The second-order valence-corrected chi connectivity index (χ2v) is 12.8. The van der Waals surface area contributed by atoms with Crippen LogP contribution in [0.25, 0.3) is 32.9 Å². The van der Waals surface area contributed by atoms with E-state index in [2.05, 4.69) is 19.8 Å². The van der Waals surface area contributed by atoms with E-state index in [1.165, 1.54) is 12.1 Å². The van der Waals surface area contributed by atoms with Crippen molar-refractivity contribution < 1.29 is 31.8 Å². The van der Waals surface area contributed by atoms with Gasteiger partial charge in [0.05, 0.1) is 11.6 Å². The quantitative estimate of drug-likeness (QED) is 0.198. The first kappa shape index (κ1) is 29.3. The molecule has 9 nitrogen and oxygen atoms in total. The Morgan fingerprint density at radius 2 is 1.91 bits per heavy atom. The second-order valence-electron chi connectivity index (χ2n) is 12.8. The summed E-state index contributed by atoms with van der Waals surface area (Å²) in [4.78, 5) is 18.3. The maximum absolute atomic E-state index is 17.0. The zero-order valence-corrected chi connectivity index (χ0v) is 25.2. The van der Waals surface area contributed by atoms with Gasteiger partial charge in [-0.25, -0.2) is 22.5 Å². The van der Waals surface area contributed by atoms with Crippen molar-refractivity contribution in [3.8, 4) is 28.9 Å². The summed E-state index contributed by atoms with van der Waals surface area (Å²) < 4.78 is 77.5. The summed E-state index contributed by atoms with van der Waals surface area (Å²) in [5, 5.41) is 0.834. The number of halogens is 4. The molecule has 8 rings (SSSR count). The molecule has 3 atom stereocenters. The number of hydrogen-bond acceptors (Lipinski definition) is 9. The van der Waals surface area contributed by atoms with E-state index in [4.69, 9.17) is 24.9 Å². The van der Waals surface area contributed by atoms with E-state index in [1.807, 2.05) is 0 Å². The van der Waals surface area contributed by atoms with Gasteiger partial charge in [0, 0.05) is 36.1 Å². The van der Waals surface area contributed by atoms with Crippen LogP contribution in [0, 0.1) is 11.6 Å². The first-order valence-corrected chi connectivity index (χ1v) is 15.9. The van der Waals surface area contributed by atoms with E-state index in [-0.39, 0.29) is 64.7 Å². The molecular weight excluding hydrogens is 604 g/mol. The lowest BCUT2D eigenvalue weighted by atomic mass is 9.95. The van der Waals surface area contributed by atoms with Crippen LogP contribution in [0.4, 0.5) is 29.1 Å². The highest BCUT2D eigenvalue weighted by molar-refractivity contribution is 6.05. The number of fused-ring (bicyclic) bond motifs is 4. The van der Waals surface area contributed by atoms with Crippen molar-refractivity contribution >= 4 is 33.2 Å². The van der Waals surface area contributed by atoms with E-state index in [0.29, 0.717) is 36.1 Å². The first-order chi connectivity index (χ1) is 22.3. The zero-order chi connectivity index (χ0) is 31.6. The molecule has 46 heavy (non-hydrogen) atoms. The Kier molecular flexibility index (Phi) is 7.18. The van der Waals surface area contributed by atoms with Crippen LogP contribution in [0.1, 0.15) is 44.9 Å². The molecule has 3 saturated heterocycles. The number of aromatic nitrogens is 3. The maximum atomic E-state index is 17.0. The number of anilines is 2. The number of benzene rings is 2. The number of rotatable bonds is 6. The standard InChI is InChI=1S/C33H34F4N6O3/c34-17-46-29-23(36)7-6-18-11-20(38)12-22(24(18)29)27-26(37)28-25-30(43-10-3-1-2-5-21(43)15-44-31(25)39-27)41-32(40-28)45-16-33-8-4-9-42(33)14-19(35)13-33/h6-7,11-12,19,21H,1-5,8-10,13-17,38H2/t19-,21+,33+/m1/s1. The predicted molar refractivity (Wildman–Crippen MR) is 165 cm³/mol. The highest BCUT2D eigenvalue weighted by Gasteiger charge is 2.49. The minimum absolute atomic E-state index is 0.0251. The summed E-state index contributed by atoms with van der Waals surface area (Å²) in [6.07, 6.45) is 5.01. The number of hydrogen-bond donors (Lipinski definition) is 1. The van der Waals surface area contributed by atoms with Crippen LogP contribution in [0.2, 0.25) is 0 Å². The summed E-state index contributed by atoms with van der Waals surface area (Å²) in [5.41, 5.74) is 5.82. The van der Waals surface area contributed by atoms with Crippen LogP contribution >= 0.6 is 0 Å².